The van der Waals surface area contributed by atoms with E-state index >= 15 is 0 Å². The van der Waals surface area contributed by atoms with Crippen molar-refractivity contribution in [3.8, 4) is 0 Å². The highest BCUT2D eigenvalue weighted by Crippen LogP contribution is 2.11. The van der Waals surface area contributed by atoms with E-state index in [0.717, 1.165) is 6.42 Å². The summed E-state index contributed by atoms with van der Waals surface area (Å²) in [7, 11) is -0.520. The van der Waals surface area contributed by atoms with Crippen LogP contribution in [0.2, 0.25) is 0 Å². The van der Waals surface area contributed by atoms with Gasteiger partial charge in [0.2, 0.25) is 0 Å². The minimum atomic E-state index is -3.38. The summed E-state index contributed by atoms with van der Waals surface area (Å²) in [6.45, 7) is 6.03. The Labute approximate surface area is 81.5 Å². The lowest BCUT2D eigenvalue weighted by atomic mass is 10.1. The Kier molecular flexibility index (Phi) is 4.88. The van der Waals surface area contributed by atoms with Crippen molar-refractivity contribution < 1.29 is 8.42 Å². The summed E-state index contributed by atoms with van der Waals surface area (Å²) in [5, 5.41) is 0. The van der Waals surface area contributed by atoms with Crippen LogP contribution < -0.4 is 4.72 Å². The van der Waals surface area contributed by atoms with Crippen LogP contribution >= 0.6 is 0 Å². The zero-order chi connectivity index (χ0) is 10.6. The first kappa shape index (κ1) is 12.9. The van der Waals surface area contributed by atoms with Crippen LogP contribution in [0.25, 0.3) is 0 Å². The van der Waals surface area contributed by atoms with Gasteiger partial charge in [-0.25, -0.2) is 0 Å². The average molecular weight is 207 g/mol. The van der Waals surface area contributed by atoms with Crippen LogP contribution in [0.3, 0.4) is 0 Å². The van der Waals surface area contributed by atoms with Gasteiger partial charge >= 0.3 is 0 Å². The van der Waals surface area contributed by atoms with E-state index in [1.54, 1.807) is 7.05 Å². The summed E-state index contributed by atoms with van der Waals surface area (Å²) in [5.74, 6) is 0.490. The first-order valence-corrected chi connectivity index (χ1v) is 5.80. The van der Waals surface area contributed by atoms with Crippen LogP contribution in [0.4, 0.5) is 0 Å². The van der Waals surface area contributed by atoms with Crippen molar-refractivity contribution in [2.75, 3.05) is 14.1 Å². The fourth-order valence-corrected chi connectivity index (χ4v) is 1.99. The fraction of sp³-hybridized carbons (Fsp3) is 1.00. The van der Waals surface area contributed by atoms with Gasteiger partial charge in [-0.2, -0.15) is 12.7 Å². The molecule has 13 heavy (non-hydrogen) atoms. The van der Waals surface area contributed by atoms with Crippen LogP contribution in [0.1, 0.15) is 27.2 Å². The molecule has 0 spiro atoms. The Morgan fingerprint density at radius 3 is 2.08 bits per heavy atom. The molecule has 0 heterocycles. The largest absolute Gasteiger partial charge is 0.295 e. The van der Waals surface area contributed by atoms with Crippen molar-refractivity contribution in [3.63, 3.8) is 0 Å². The van der Waals surface area contributed by atoms with Gasteiger partial charge in [0, 0.05) is 20.1 Å². The monoisotopic (exact) mass is 207 g/mol. The molecular formula is C8H19N2O2S. The molecule has 0 fully saturated rings. The summed E-state index contributed by atoms with van der Waals surface area (Å²) < 4.78 is 27.2. The molecule has 0 aliphatic carbocycles. The Hall–Kier alpha value is -0.130. The quantitative estimate of drug-likeness (QED) is 0.670. The molecule has 0 aromatic rings. The molecule has 0 aromatic carbocycles. The van der Waals surface area contributed by atoms with E-state index in [0.29, 0.717) is 5.92 Å². The van der Waals surface area contributed by atoms with Crippen molar-refractivity contribution in [2.45, 2.75) is 33.2 Å². The van der Waals surface area contributed by atoms with Gasteiger partial charge in [-0.1, -0.05) is 13.8 Å². The van der Waals surface area contributed by atoms with Crippen molar-refractivity contribution >= 4 is 10.2 Å². The second kappa shape index (κ2) is 4.93. The normalized spacial score (nSPS) is 15.3. The predicted molar refractivity (Wildman–Crippen MR) is 53.7 cm³/mol. The molecule has 0 saturated carbocycles. The summed E-state index contributed by atoms with van der Waals surface area (Å²) >= 11 is 0. The Balaban J connectivity index is 4.34. The molecule has 1 radical (unpaired) electrons. The Morgan fingerprint density at radius 2 is 1.77 bits per heavy atom. The number of hydrogen-bond acceptors (Lipinski definition) is 2. The lowest BCUT2D eigenvalue weighted by molar-refractivity contribution is 0.334. The zero-order valence-electron chi connectivity index (χ0n) is 8.98. The van der Waals surface area contributed by atoms with E-state index in [1.165, 1.54) is 11.4 Å². The highest BCUT2D eigenvalue weighted by molar-refractivity contribution is 7.87. The van der Waals surface area contributed by atoms with Crippen molar-refractivity contribution in [1.82, 2.24) is 9.03 Å². The van der Waals surface area contributed by atoms with Crippen LogP contribution in [0.5, 0.6) is 0 Å². The third-order valence-electron chi connectivity index (χ3n) is 2.03. The second-order valence-electron chi connectivity index (χ2n) is 3.66. The third-order valence-corrected chi connectivity index (χ3v) is 3.58. The average Bonchev–Trinajstić information content (AvgIpc) is 2.01. The standard InChI is InChI=1S/C8H19N2O2S/c1-7(2)6-8(3)10(5)13(11,12)9-4/h7-8H,6H2,1-5H3. The molecule has 4 nitrogen and oxygen atoms in total. The number of hydrogen-bond donors (Lipinski definition) is 0. The number of rotatable bonds is 5. The van der Waals surface area contributed by atoms with Crippen molar-refractivity contribution in [3.05, 3.63) is 0 Å². The third kappa shape index (κ3) is 4.06. The maximum absolute atomic E-state index is 11.3. The minimum absolute atomic E-state index is 0.00806. The van der Waals surface area contributed by atoms with E-state index < -0.39 is 10.2 Å². The van der Waals surface area contributed by atoms with Gasteiger partial charge in [0.25, 0.3) is 10.2 Å². The molecule has 0 aliphatic rings. The summed E-state index contributed by atoms with van der Waals surface area (Å²) in [6, 6.07) is 0.00806. The predicted octanol–water partition coefficient (Wildman–Crippen LogP) is 0.832. The summed E-state index contributed by atoms with van der Waals surface area (Å²) in [6.07, 6.45) is 0.852. The molecule has 0 aliphatic heterocycles. The van der Waals surface area contributed by atoms with Gasteiger partial charge in [0.1, 0.15) is 0 Å². The zero-order valence-corrected chi connectivity index (χ0v) is 9.80. The van der Waals surface area contributed by atoms with E-state index in [1.807, 2.05) is 6.92 Å². The van der Waals surface area contributed by atoms with Gasteiger partial charge in [0.15, 0.2) is 0 Å². The topological polar surface area (TPSA) is 51.5 Å². The maximum atomic E-state index is 11.3. The molecule has 5 heteroatoms. The van der Waals surface area contributed by atoms with E-state index in [2.05, 4.69) is 18.6 Å². The van der Waals surface area contributed by atoms with E-state index in [9.17, 15) is 8.42 Å². The molecule has 0 rings (SSSR count). The SMILES string of the molecule is C[N]S(=O)(=O)N(C)C(C)CC(C)C. The van der Waals surface area contributed by atoms with E-state index in [4.69, 9.17) is 0 Å². The molecular weight excluding hydrogens is 188 g/mol. The highest BCUT2D eigenvalue weighted by Gasteiger charge is 2.22. The minimum Gasteiger partial charge on any atom is -0.193 e. The van der Waals surface area contributed by atoms with Crippen molar-refractivity contribution in [1.29, 1.82) is 0 Å². The second-order valence-corrected chi connectivity index (χ2v) is 5.49. The van der Waals surface area contributed by atoms with Crippen LogP contribution in [-0.4, -0.2) is 32.9 Å². The van der Waals surface area contributed by atoms with Gasteiger partial charge in [-0.15, -0.1) is 4.72 Å². The molecule has 0 aromatic heterocycles. The highest BCUT2D eigenvalue weighted by atomic mass is 32.2. The Morgan fingerprint density at radius 1 is 1.31 bits per heavy atom. The Bertz CT molecular complexity index is 237. The molecule has 1 unspecified atom stereocenters. The first-order chi connectivity index (χ1) is 5.81. The summed E-state index contributed by atoms with van der Waals surface area (Å²) in [5.41, 5.74) is 0. The molecule has 1 atom stereocenters. The molecule has 0 N–H and O–H groups in total. The van der Waals surface area contributed by atoms with Gasteiger partial charge in [-0.3, -0.25) is 0 Å². The van der Waals surface area contributed by atoms with Gasteiger partial charge in [0.05, 0.1) is 0 Å². The smallest absolute Gasteiger partial charge is 0.193 e. The van der Waals surface area contributed by atoms with E-state index in [-0.39, 0.29) is 6.04 Å². The van der Waals surface area contributed by atoms with Crippen LogP contribution in [0.15, 0.2) is 0 Å². The maximum Gasteiger partial charge on any atom is 0.295 e. The van der Waals surface area contributed by atoms with Crippen LogP contribution in [-0.2, 0) is 10.2 Å². The first-order valence-electron chi connectivity index (χ1n) is 4.40. The van der Waals surface area contributed by atoms with Crippen LogP contribution in [0, 0.1) is 5.92 Å². The molecule has 0 amide bonds. The van der Waals surface area contributed by atoms with Gasteiger partial charge in [-0.05, 0) is 19.3 Å². The lowest BCUT2D eigenvalue weighted by Crippen LogP contribution is -2.39. The summed E-state index contributed by atoms with van der Waals surface area (Å²) in [4.78, 5) is 0. The van der Waals surface area contributed by atoms with Gasteiger partial charge < -0.3 is 0 Å². The number of nitrogens with zero attached hydrogens (tertiary/aromatic N) is 2. The fourth-order valence-electron chi connectivity index (χ4n) is 1.19. The lowest BCUT2D eigenvalue weighted by Gasteiger charge is -2.24. The molecule has 79 valence electrons. The van der Waals surface area contributed by atoms with Crippen molar-refractivity contribution in [2.24, 2.45) is 5.92 Å². The molecule has 0 bridgehead atoms. The molecule has 0 saturated heterocycles.